The van der Waals surface area contributed by atoms with E-state index in [0.717, 1.165) is 24.7 Å². The SMILES string of the molecule is Cc1cc(Cl)ccc1NC1CCN(Cc2ccccc2)C1. The number of anilines is 1. The summed E-state index contributed by atoms with van der Waals surface area (Å²) in [5.41, 5.74) is 3.80. The van der Waals surface area contributed by atoms with Crippen LogP contribution in [0.5, 0.6) is 0 Å². The minimum atomic E-state index is 0.522. The Morgan fingerprint density at radius 2 is 2.00 bits per heavy atom. The zero-order valence-corrected chi connectivity index (χ0v) is 13.1. The number of nitrogens with zero attached hydrogens (tertiary/aromatic N) is 1. The fraction of sp³-hybridized carbons (Fsp3) is 0.333. The summed E-state index contributed by atoms with van der Waals surface area (Å²) in [6.07, 6.45) is 1.19. The van der Waals surface area contributed by atoms with E-state index in [4.69, 9.17) is 11.6 Å². The normalized spacial score (nSPS) is 18.9. The van der Waals surface area contributed by atoms with E-state index in [2.05, 4.69) is 53.5 Å². The van der Waals surface area contributed by atoms with Crippen LogP contribution >= 0.6 is 11.6 Å². The average Bonchev–Trinajstić information content (AvgIpc) is 2.90. The van der Waals surface area contributed by atoms with Crippen molar-refractivity contribution in [1.82, 2.24) is 4.90 Å². The standard InChI is InChI=1S/C18H21ClN2/c1-14-11-16(19)7-8-18(14)20-17-9-10-21(13-17)12-15-5-3-2-4-6-15/h2-8,11,17,20H,9-10,12-13H2,1H3. The summed E-state index contributed by atoms with van der Waals surface area (Å²) in [7, 11) is 0. The van der Waals surface area contributed by atoms with Gasteiger partial charge in [-0.25, -0.2) is 0 Å². The van der Waals surface area contributed by atoms with Gasteiger partial charge in [0.15, 0.2) is 0 Å². The van der Waals surface area contributed by atoms with Crippen molar-refractivity contribution < 1.29 is 0 Å². The molecule has 0 amide bonds. The molecule has 0 spiro atoms. The van der Waals surface area contributed by atoms with E-state index in [1.807, 2.05) is 12.1 Å². The Balaban J connectivity index is 1.57. The molecule has 21 heavy (non-hydrogen) atoms. The van der Waals surface area contributed by atoms with Gasteiger partial charge in [-0.2, -0.15) is 0 Å². The molecule has 0 radical (unpaired) electrons. The highest BCUT2D eigenvalue weighted by molar-refractivity contribution is 6.30. The van der Waals surface area contributed by atoms with Gasteiger partial charge in [0, 0.05) is 36.4 Å². The summed E-state index contributed by atoms with van der Waals surface area (Å²) in [5, 5.41) is 4.45. The van der Waals surface area contributed by atoms with E-state index in [1.54, 1.807) is 0 Å². The average molecular weight is 301 g/mol. The van der Waals surface area contributed by atoms with Crippen molar-refractivity contribution in [3.8, 4) is 0 Å². The second-order valence-corrected chi connectivity index (χ2v) is 6.25. The molecule has 0 aliphatic carbocycles. The molecule has 1 saturated heterocycles. The van der Waals surface area contributed by atoms with Crippen molar-refractivity contribution in [3.63, 3.8) is 0 Å². The lowest BCUT2D eigenvalue weighted by molar-refractivity contribution is 0.328. The van der Waals surface area contributed by atoms with Crippen LogP contribution < -0.4 is 5.32 Å². The van der Waals surface area contributed by atoms with Crippen molar-refractivity contribution in [1.29, 1.82) is 0 Å². The largest absolute Gasteiger partial charge is 0.381 e. The van der Waals surface area contributed by atoms with Gasteiger partial charge < -0.3 is 5.32 Å². The summed E-state index contributed by atoms with van der Waals surface area (Å²) in [5.74, 6) is 0. The van der Waals surface area contributed by atoms with Crippen LogP contribution in [-0.2, 0) is 6.54 Å². The van der Waals surface area contributed by atoms with Gasteiger partial charge in [-0.05, 0) is 42.7 Å². The van der Waals surface area contributed by atoms with Crippen LogP contribution in [0, 0.1) is 6.92 Å². The molecule has 0 bridgehead atoms. The fourth-order valence-corrected chi connectivity index (χ4v) is 3.17. The Kier molecular flexibility index (Phi) is 4.47. The van der Waals surface area contributed by atoms with Gasteiger partial charge >= 0.3 is 0 Å². The molecule has 3 heteroatoms. The summed E-state index contributed by atoms with van der Waals surface area (Å²) in [6.45, 7) is 5.39. The predicted molar refractivity (Wildman–Crippen MR) is 89.9 cm³/mol. The molecule has 1 aliphatic heterocycles. The van der Waals surface area contributed by atoms with Crippen LogP contribution in [0.3, 0.4) is 0 Å². The molecule has 1 aliphatic rings. The van der Waals surface area contributed by atoms with E-state index in [-0.39, 0.29) is 0 Å². The number of benzene rings is 2. The molecule has 2 aromatic rings. The summed E-state index contributed by atoms with van der Waals surface area (Å²) in [6, 6.07) is 17.3. The lowest BCUT2D eigenvalue weighted by Crippen LogP contribution is -2.26. The van der Waals surface area contributed by atoms with Gasteiger partial charge in [0.05, 0.1) is 0 Å². The van der Waals surface area contributed by atoms with Gasteiger partial charge in [-0.3, -0.25) is 4.90 Å². The Hall–Kier alpha value is -1.51. The number of aryl methyl sites for hydroxylation is 1. The molecule has 1 N–H and O–H groups in total. The molecule has 0 aromatic heterocycles. The van der Waals surface area contributed by atoms with E-state index in [0.29, 0.717) is 6.04 Å². The van der Waals surface area contributed by atoms with Crippen LogP contribution in [0.25, 0.3) is 0 Å². The predicted octanol–water partition coefficient (Wildman–Crippen LogP) is 4.33. The fourth-order valence-electron chi connectivity index (χ4n) is 2.94. The van der Waals surface area contributed by atoms with Gasteiger partial charge in [-0.1, -0.05) is 41.9 Å². The number of halogens is 1. The van der Waals surface area contributed by atoms with Crippen LogP contribution in [0.1, 0.15) is 17.5 Å². The number of likely N-dealkylation sites (tertiary alicyclic amines) is 1. The Morgan fingerprint density at radius 1 is 1.19 bits per heavy atom. The van der Waals surface area contributed by atoms with Crippen molar-refractivity contribution in [2.24, 2.45) is 0 Å². The highest BCUT2D eigenvalue weighted by Crippen LogP contribution is 2.23. The van der Waals surface area contributed by atoms with Crippen molar-refractivity contribution in [2.45, 2.75) is 25.9 Å². The van der Waals surface area contributed by atoms with Gasteiger partial charge in [0.2, 0.25) is 0 Å². The lowest BCUT2D eigenvalue weighted by atomic mass is 10.1. The Morgan fingerprint density at radius 3 is 2.76 bits per heavy atom. The molecule has 1 fully saturated rings. The van der Waals surface area contributed by atoms with E-state index in [1.165, 1.54) is 23.2 Å². The first-order chi connectivity index (χ1) is 10.2. The number of hydrogen-bond donors (Lipinski definition) is 1. The zero-order chi connectivity index (χ0) is 14.7. The third-order valence-electron chi connectivity index (χ3n) is 4.07. The molecule has 3 rings (SSSR count). The summed E-state index contributed by atoms with van der Waals surface area (Å²) >= 11 is 6.01. The van der Waals surface area contributed by atoms with E-state index < -0.39 is 0 Å². The zero-order valence-electron chi connectivity index (χ0n) is 12.3. The second kappa shape index (κ2) is 6.50. The van der Waals surface area contributed by atoms with Crippen LogP contribution in [0.2, 0.25) is 5.02 Å². The molecule has 0 saturated carbocycles. The maximum atomic E-state index is 6.01. The first kappa shape index (κ1) is 14.4. The van der Waals surface area contributed by atoms with Gasteiger partial charge in [0.25, 0.3) is 0 Å². The first-order valence-electron chi connectivity index (χ1n) is 7.50. The Bertz CT molecular complexity index is 597. The monoisotopic (exact) mass is 300 g/mol. The quantitative estimate of drug-likeness (QED) is 0.904. The van der Waals surface area contributed by atoms with Crippen LogP contribution in [0.4, 0.5) is 5.69 Å². The molecule has 1 unspecified atom stereocenters. The van der Waals surface area contributed by atoms with Crippen LogP contribution in [-0.4, -0.2) is 24.0 Å². The molecule has 1 atom stereocenters. The highest BCUT2D eigenvalue weighted by Gasteiger charge is 2.22. The molecule has 110 valence electrons. The molecule has 2 aromatic carbocycles. The first-order valence-corrected chi connectivity index (χ1v) is 7.87. The number of hydrogen-bond acceptors (Lipinski definition) is 2. The minimum absolute atomic E-state index is 0.522. The van der Waals surface area contributed by atoms with Crippen molar-refractivity contribution >= 4 is 17.3 Å². The molecule has 2 nitrogen and oxygen atoms in total. The van der Waals surface area contributed by atoms with Gasteiger partial charge in [0.1, 0.15) is 0 Å². The third-order valence-corrected chi connectivity index (χ3v) is 4.30. The summed E-state index contributed by atoms with van der Waals surface area (Å²) < 4.78 is 0. The van der Waals surface area contributed by atoms with Crippen LogP contribution in [0.15, 0.2) is 48.5 Å². The van der Waals surface area contributed by atoms with Crippen molar-refractivity contribution in [3.05, 3.63) is 64.7 Å². The molecule has 1 heterocycles. The smallest absolute Gasteiger partial charge is 0.0410 e. The minimum Gasteiger partial charge on any atom is -0.381 e. The topological polar surface area (TPSA) is 15.3 Å². The molecular weight excluding hydrogens is 280 g/mol. The molecular formula is C18H21ClN2. The van der Waals surface area contributed by atoms with Crippen molar-refractivity contribution in [2.75, 3.05) is 18.4 Å². The van der Waals surface area contributed by atoms with E-state index in [9.17, 15) is 0 Å². The van der Waals surface area contributed by atoms with Gasteiger partial charge in [-0.15, -0.1) is 0 Å². The number of rotatable bonds is 4. The number of nitrogens with one attached hydrogen (secondary N) is 1. The Labute approximate surface area is 131 Å². The third kappa shape index (κ3) is 3.78. The summed E-state index contributed by atoms with van der Waals surface area (Å²) in [4.78, 5) is 2.51. The maximum Gasteiger partial charge on any atom is 0.0410 e. The maximum absolute atomic E-state index is 6.01. The van der Waals surface area contributed by atoms with E-state index >= 15 is 0 Å². The highest BCUT2D eigenvalue weighted by atomic mass is 35.5. The lowest BCUT2D eigenvalue weighted by Gasteiger charge is -2.18. The second-order valence-electron chi connectivity index (χ2n) is 5.81.